The molecule has 0 aromatic carbocycles. The van der Waals surface area contributed by atoms with E-state index >= 15 is 0 Å². The first kappa shape index (κ1) is 10.5. The molecular weight excluding hydrogens is 100 g/mol. The Bertz CT molecular complexity index is 53.5. The zero-order valence-electron chi connectivity index (χ0n) is 6.15. The lowest BCUT2D eigenvalue weighted by molar-refractivity contribution is 0.951. The number of nitrogens with one attached hydrogen (secondary N) is 1. The van der Waals surface area contributed by atoms with Crippen LogP contribution in [-0.2, 0) is 0 Å². The maximum Gasteiger partial charge on any atom is 0.0109 e. The molecule has 0 atom stereocenters. The van der Waals surface area contributed by atoms with Crippen molar-refractivity contribution in [1.29, 1.82) is 0 Å². The number of hydrogen-bond donors (Lipinski definition) is 2. The van der Waals surface area contributed by atoms with Crippen LogP contribution in [0.2, 0.25) is 0 Å². The van der Waals surface area contributed by atoms with Gasteiger partial charge in [0.25, 0.3) is 0 Å². The summed E-state index contributed by atoms with van der Waals surface area (Å²) in [6.45, 7) is 7.94. The van der Waals surface area contributed by atoms with Crippen LogP contribution in [0.3, 0.4) is 0 Å². The van der Waals surface area contributed by atoms with Crippen molar-refractivity contribution in [2.45, 2.75) is 27.7 Å². The largest absolute Gasteiger partial charge is 0.331 e. The summed E-state index contributed by atoms with van der Waals surface area (Å²) >= 11 is 0. The fourth-order valence-electron chi connectivity index (χ4n) is 0.167. The summed E-state index contributed by atoms with van der Waals surface area (Å²) in [5.41, 5.74) is 3.58. The van der Waals surface area contributed by atoms with Gasteiger partial charge in [-0.3, -0.25) is 5.84 Å². The molecule has 0 radical (unpaired) electrons. The van der Waals surface area contributed by atoms with Crippen LogP contribution in [-0.4, -0.2) is 0 Å². The van der Waals surface area contributed by atoms with Crippen LogP contribution in [0.1, 0.15) is 27.7 Å². The zero-order chi connectivity index (χ0) is 6.99. The van der Waals surface area contributed by atoms with E-state index in [1.165, 1.54) is 5.57 Å². The van der Waals surface area contributed by atoms with Gasteiger partial charge in [-0.1, -0.05) is 19.4 Å². The van der Waals surface area contributed by atoms with Gasteiger partial charge >= 0.3 is 0 Å². The SMILES string of the molecule is CC.CC(C)=CNN. The molecule has 0 unspecified atom stereocenters. The molecule has 0 saturated heterocycles. The topological polar surface area (TPSA) is 38.0 Å². The van der Waals surface area contributed by atoms with Crippen LogP contribution < -0.4 is 11.3 Å². The first-order chi connectivity index (χ1) is 3.77. The van der Waals surface area contributed by atoms with E-state index in [0.717, 1.165) is 0 Å². The van der Waals surface area contributed by atoms with Crippen LogP contribution in [0.4, 0.5) is 0 Å². The van der Waals surface area contributed by atoms with Crippen LogP contribution >= 0.6 is 0 Å². The molecule has 0 fully saturated rings. The quantitative estimate of drug-likeness (QED) is 0.401. The van der Waals surface area contributed by atoms with Gasteiger partial charge in [-0.2, -0.15) is 0 Å². The fourth-order valence-corrected chi connectivity index (χ4v) is 0.167. The second-order valence-electron chi connectivity index (χ2n) is 1.39. The summed E-state index contributed by atoms with van der Waals surface area (Å²) in [4.78, 5) is 0. The van der Waals surface area contributed by atoms with Gasteiger partial charge in [-0.05, 0) is 13.8 Å². The summed E-state index contributed by atoms with van der Waals surface area (Å²) in [7, 11) is 0. The molecule has 0 amide bonds. The lowest BCUT2D eigenvalue weighted by Crippen LogP contribution is -2.13. The minimum absolute atomic E-state index is 1.18. The predicted octanol–water partition coefficient (Wildman–Crippen LogP) is 1.40. The summed E-state index contributed by atoms with van der Waals surface area (Å²) in [6.07, 6.45) is 1.74. The van der Waals surface area contributed by atoms with Gasteiger partial charge in [0.15, 0.2) is 0 Å². The Labute approximate surface area is 51.7 Å². The Morgan fingerprint density at radius 3 is 1.75 bits per heavy atom. The Hall–Kier alpha value is -0.500. The van der Waals surface area contributed by atoms with E-state index in [-0.39, 0.29) is 0 Å². The van der Waals surface area contributed by atoms with E-state index in [1.807, 2.05) is 27.7 Å². The van der Waals surface area contributed by atoms with Crippen LogP contribution in [0.25, 0.3) is 0 Å². The monoisotopic (exact) mass is 116 g/mol. The molecule has 0 heterocycles. The summed E-state index contributed by atoms with van der Waals surface area (Å²) in [5, 5.41) is 0. The minimum Gasteiger partial charge on any atom is -0.331 e. The van der Waals surface area contributed by atoms with Crippen molar-refractivity contribution in [3.05, 3.63) is 11.8 Å². The number of hydrogen-bond acceptors (Lipinski definition) is 2. The van der Waals surface area contributed by atoms with Crippen molar-refractivity contribution >= 4 is 0 Å². The molecule has 2 heteroatoms. The van der Waals surface area contributed by atoms with Gasteiger partial charge < -0.3 is 5.43 Å². The third-order valence-electron chi connectivity index (χ3n) is 0.372. The lowest BCUT2D eigenvalue weighted by atomic mass is 10.4. The average molecular weight is 116 g/mol. The van der Waals surface area contributed by atoms with Crippen molar-refractivity contribution in [3.8, 4) is 0 Å². The minimum atomic E-state index is 1.18. The maximum absolute atomic E-state index is 4.90. The van der Waals surface area contributed by atoms with E-state index in [9.17, 15) is 0 Å². The Morgan fingerprint density at radius 2 is 1.75 bits per heavy atom. The molecule has 50 valence electrons. The number of nitrogens with two attached hydrogens (primary N) is 1. The normalized spacial score (nSPS) is 6.12. The highest BCUT2D eigenvalue weighted by atomic mass is 15.2. The Kier molecular flexibility index (Phi) is 12.7. The van der Waals surface area contributed by atoms with Gasteiger partial charge in [0.05, 0.1) is 0 Å². The van der Waals surface area contributed by atoms with Crippen molar-refractivity contribution in [3.63, 3.8) is 0 Å². The molecule has 0 aromatic heterocycles. The first-order valence-electron chi connectivity index (χ1n) is 2.87. The predicted molar refractivity (Wildman–Crippen MR) is 38.1 cm³/mol. The smallest absolute Gasteiger partial charge is 0.0109 e. The van der Waals surface area contributed by atoms with Crippen molar-refractivity contribution in [2.75, 3.05) is 0 Å². The van der Waals surface area contributed by atoms with Crippen LogP contribution in [0.15, 0.2) is 11.8 Å². The third-order valence-corrected chi connectivity index (χ3v) is 0.372. The number of rotatable bonds is 1. The van der Waals surface area contributed by atoms with Crippen LogP contribution in [0, 0.1) is 0 Å². The summed E-state index contributed by atoms with van der Waals surface area (Å²) in [5.74, 6) is 4.90. The lowest BCUT2D eigenvalue weighted by Gasteiger charge is -1.85. The highest BCUT2D eigenvalue weighted by Gasteiger charge is 1.65. The summed E-state index contributed by atoms with van der Waals surface area (Å²) in [6, 6.07) is 0. The van der Waals surface area contributed by atoms with E-state index in [2.05, 4.69) is 5.43 Å². The molecule has 0 spiro atoms. The van der Waals surface area contributed by atoms with Crippen molar-refractivity contribution in [2.24, 2.45) is 5.84 Å². The standard InChI is InChI=1S/C4H10N2.C2H6/c1-4(2)3-6-5;1-2/h3,6H,5H2,1-2H3;1-2H3. The van der Waals surface area contributed by atoms with E-state index < -0.39 is 0 Å². The van der Waals surface area contributed by atoms with Gasteiger partial charge in [0.2, 0.25) is 0 Å². The van der Waals surface area contributed by atoms with Crippen molar-refractivity contribution < 1.29 is 0 Å². The molecule has 8 heavy (non-hydrogen) atoms. The molecule has 2 nitrogen and oxygen atoms in total. The van der Waals surface area contributed by atoms with Gasteiger partial charge in [0.1, 0.15) is 0 Å². The molecule has 0 rings (SSSR count). The number of allylic oxidation sites excluding steroid dienone is 1. The summed E-state index contributed by atoms with van der Waals surface area (Å²) < 4.78 is 0. The maximum atomic E-state index is 4.90. The highest BCUT2D eigenvalue weighted by Crippen LogP contribution is 1.80. The first-order valence-corrected chi connectivity index (χ1v) is 2.87. The van der Waals surface area contributed by atoms with Gasteiger partial charge in [-0.25, -0.2) is 0 Å². The molecule has 0 aliphatic carbocycles. The molecular formula is C6H16N2. The highest BCUT2D eigenvalue weighted by molar-refractivity contribution is 4.89. The number of hydrazine groups is 1. The molecule has 0 aromatic rings. The Morgan fingerprint density at radius 1 is 1.38 bits per heavy atom. The fraction of sp³-hybridized carbons (Fsp3) is 0.667. The van der Waals surface area contributed by atoms with Crippen LogP contribution in [0.5, 0.6) is 0 Å². The second-order valence-corrected chi connectivity index (χ2v) is 1.39. The second kappa shape index (κ2) is 9.71. The Balaban J connectivity index is 0. The van der Waals surface area contributed by atoms with E-state index in [1.54, 1.807) is 6.20 Å². The van der Waals surface area contributed by atoms with Gasteiger partial charge in [0, 0.05) is 6.20 Å². The molecule has 0 bridgehead atoms. The molecule has 0 aliphatic rings. The molecule has 3 N–H and O–H groups in total. The molecule has 0 aliphatic heterocycles. The van der Waals surface area contributed by atoms with E-state index in [4.69, 9.17) is 5.84 Å². The third kappa shape index (κ3) is 17.8. The van der Waals surface area contributed by atoms with Gasteiger partial charge in [-0.15, -0.1) is 0 Å². The molecule has 0 saturated carbocycles. The van der Waals surface area contributed by atoms with Crippen molar-refractivity contribution in [1.82, 2.24) is 5.43 Å². The average Bonchev–Trinajstić information content (AvgIpc) is 1.72. The zero-order valence-corrected chi connectivity index (χ0v) is 6.15. The van der Waals surface area contributed by atoms with E-state index in [0.29, 0.717) is 0 Å².